The predicted molar refractivity (Wildman–Crippen MR) is 110 cm³/mol. The lowest BCUT2D eigenvalue weighted by Gasteiger charge is -2.31. The lowest BCUT2D eigenvalue weighted by atomic mass is 9.92. The van der Waals surface area contributed by atoms with Crippen LogP contribution in [0.3, 0.4) is 0 Å². The van der Waals surface area contributed by atoms with E-state index in [1.54, 1.807) is 16.9 Å². The highest BCUT2D eigenvalue weighted by Gasteiger charge is 2.50. The van der Waals surface area contributed by atoms with Crippen LogP contribution in [-0.4, -0.2) is 71.9 Å². The first-order valence-corrected chi connectivity index (χ1v) is 10.1. The molecule has 2 heterocycles. The molecule has 0 aliphatic carbocycles. The Kier molecular flexibility index (Phi) is 5.87. The highest BCUT2D eigenvalue weighted by atomic mass is 16.5. The van der Waals surface area contributed by atoms with E-state index < -0.39 is 6.04 Å². The summed E-state index contributed by atoms with van der Waals surface area (Å²) in [7, 11) is 1.60. The fraction of sp³-hybridized carbons (Fsp3) is 0.591. The van der Waals surface area contributed by atoms with Gasteiger partial charge in [-0.25, -0.2) is 4.79 Å². The fourth-order valence-electron chi connectivity index (χ4n) is 4.10. The standard InChI is InChI=1S/C22H31N3O4/c1-15(2)11-24-20(27)18-12-23(13-22(3,4)14-25(18)21(24)28)19(26)10-16-6-8-17(29-5)9-7-16/h6-9,15,18H,10-14H2,1-5H3. The van der Waals surface area contributed by atoms with Crippen LogP contribution >= 0.6 is 0 Å². The van der Waals surface area contributed by atoms with E-state index in [2.05, 4.69) is 0 Å². The molecule has 1 aromatic carbocycles. The summed E-state index contributed by atoms with van der Waals surface area (Å²) in [6, 6.07) is 6.59. The number of benzene rings is 1. The molecule has 0 bridgehead atoms. The van der Waals surface area contributed by atoms with Crippen LogP contribution in [-0.2, 0) is 16.0 Å². The van der Waals surface area contributed by atoms with E-state index >= 15 is 0 Å². The number of hydrogen-bond acceptors (Lipinski definition) is 4. The molecule has 0 saturated carbocycles. The van der Waals surface area contributed by atoms with Crippen molar-refractivity contribution in [3.8, 4) is 5.75 Å². The third kappa shape index (κ3) is 4.54. The van der Waals surface area contributed by atoms with Crippen molar-refractivity contribution in [1.29, 1.82) is 0 Å². The molecule has 1 unspecified atom stereocenters. The van der Waals surface area contributed by atoms with Gasteiger partial charge in [0.2, 0.25) is 5.91 Å². The van der Waals surface area contributed by atoms with Gasteiger partial charge in [0.1, 0.15) is 11.8 Å². The zero-order valence-electron chi connectivity index (χ0n) is 18.0. The van der Waals surface area contributed by atoms with Gasteiger partial charge in [0.05, 0.1) is 20.1 Å². The molecule has 2 fully saturated rings. The quantitative estimate of drug-likeness (QED) is 0.711. The molecule has 3 rings (SSSR count). The Hall–Kier alpha value is -2.57. The molecule has 29 heavy (non-hydrogen) atoms. The third-order valence-electron chi connectivity index (χ3n) is 5.43. The number of hydrogen-bond donors (Lipinski definition) is 0. The second kappa shape index (κ2) is 8.05. The first kappa shape index (κ1) is 21.1. The Morgan fingerprint density at radius 2 is 1.83 bits per heavy atom. The van der Waals surface area contributed by atoms with E-state index in [9.17, 15) is 14.4 Å². The SMILES string of the molecule is COc1ccc(CC(=O)N2CC3C(=O)N(CC(C)C)C(=O)N3CC(C)(C)C2)cc1. The molecule has 0 radical (unpaired) electrons. The molecule has 2 saturated heterocycles. The van der Waals surface area contributed by atoms with Crippen molar-refractivity contribution < 1.29 is 19.1 Å². The second-order valence-electron chi connectivity index (χ2n) is 9.23. The van der Waals surface area contributed by atoms with Crippen molar-refractivity contribution in [2.24, 2.45) is 11.3 Å². The van der Waals surface area contributed by atoms with Crippen molar-refractivity contribution in [2.45, 2.75) is 40.2 Å². The molecule has 0 aromatic heterocycles. The number of ether oxygens (including phenoxy) is 1. The molecule has 7 heteroatoms. The van der Waals surface area contributed by atoms with Crippen LogP contribution in [0.25, 0.3) is 0 Å². The minimum Gasteiger partial charge on any atom is -0.497 e. The van der Waals surface area contributed by atoms with Gasteiger partial charge in [-0.3, -0.25) is 14.5 Å². The van der Waals surface area contributed by atoms with Gasteiger partial charge in [-0.15, -0.1) is 0 Å². The average Bonchev–Trinajstić information content (AvgIpc) is 2.79. The minimum absolute atomic E-state index is 0.0346. The molecule has 7 nitrogen and oxygen atoms in total. The summed E-state index contributed by atoms with van der Waals surface area (Å²) in [6.45, 7) is 9.67. The summed E-state index contributed by atoms with van der Waals surface area (Å²) < 4.78 is 5.17. The van der Waals surface area contributed by atoms with Crippen LogP contribution in [0.15, 0.2) is 24.3 Å². The Morgan fingerprint density at radius 1 is 1.17 bits per heavy atom. The highest BCUT2D eigenvalue weighted by Crippen LogP contribution is 2.30. The number of fused-ring (bicyclic) bond motifs is 1. The summed E-state index contributed by atoms with van der Waals surface area (Å²) in [6.07, 6.45) is 0.255. The molecular formula is C22H31N3O4. The summed E-state index contributed by atoms with van der Waals surface area (Å²) >= 11 is 0. The molecular weight excluding hydrogens is 370 g/mol. The Labute approximate surface area is 172 Å². The summed E-state index contributed by atoms with van der Waals surface area (Å²) in [5.41, 5.74) is 0.596. The Balaban J connectivity index is 1.79. The first-order valence-electron chi connectivity index (χ1n) is 10.1. The average molecular weight is 402 g/mol. The zero-order chi connectivity index (χ0) is 21.3. The summed E-state index contributed by atoms with van der Waals surface area (Å²) in [5, 5.41) is 0. The smallest absolute Gasteiger partial charge is 0.327 e. The second-order valence-corrected chi connectivity index (χ2v) is 9.23. The molecule has 0 N–H and O–H groups in total. The van der Waals surface area contributed by atoms with Crippen molar-refractivity contribution >= 4 is 17.8 Å². The minimum atomic E-state index is -0.595. The lowest BCUT2D eigenvalue weighted by Crippen LogP contribution is -2.44. The van der Waals surface area contributed by atoms with Crippen LogP contribution in [0.2, 0.25) is 0 Å². The number of carbonyl (C=O) groups excluding carboxylic acids is 3. The van der Waals surface area contributed by atoms with E-state index in [1.807, 2.05) is 52.0 Å². The van der Waals surface area contributed by atoms with Crippen molar-refractivity contribution in [3.63, 3.8) is 0 Å². The summed E-state index contributed by atoms with van der Waals surface area (Å²) in [5.74, 6) is 0.719. The molecule has 2 aliphatic rings. The Bertz CT molecular complexity index is 788. The monoisotopic (exact) mass is 401 g/mol. The van der Waals surface area contributed by atoms with E-state index in [-0.39, 0.29) is 42.1 Å². The van der Waals surface area contributed by atoms with Crippen LogP contribution in [0.4, 0.5) is 4.79 Å². The van der Waals surface area contributed by atoms with E-state index in [4.69, 9.17) is 4.74 Å². The van der Waals surface area contributed by atoms with Crippen molar-refractivity contribution in [1.82, 2.24) is 14.7 Å². The molecule has 4 amide bonds. The molecule has 158 valence electrons. The van der Waals surface area contributed by atoms with Gasteiger partial charge in [0.25, 0.3) is 5.91 Å². The zero-order valence-corrected chi connectivity index (χ0v) is 18.0. The van der Waals surface area contributed by atoms with Gasteiger partial charge in [-0.2, -0.15) is 0 Å². The number of urea groups is 1. The number of nitrogens with zero attached hydrogens (tertiary/aromatic N) is 3. The van der Waals surface area contributed by atoms with Gasteiger partial charge in [-0.05, 0) is 23.6 Å². The van der Waals surface area contributed by atoms with Crippen LogP contribution in [0.5, 0.6) is 5.75 Å². The molecule has 1 atom stereocenters. The Morgan fingerprint density at radius 3 is 2.41 bits per heavy atom. The topological polar surface area (TPSA) is 70.2 Å². The molecule has 1 aromatic rings. The lowest BCUT2D eigenvalue weighted by molar-refractivity contribution is -0.133. The largest absolute Gasteiger partial charge is 0.497 e. The van der Waals surface area contributed by atoms with Gasteiger partial charge < -0.3 is 14.5 Å². The van der Waals surface area contributed by atoms with Crippen LogP contribution in [0, 0.1) is 11.3 Å². The third-order valence-corrected chi connectivity index (χ3v) is 5.43. The van der Waals surface area contributed by atoms with Crippen LogP contribution < -0.4 is 4.74 Å². The predicted octanol–water partition coefficient (Wildman–Crippen LogP) is 2.39. The summed E-state index contributed by atoms with van der Waals surface area (Å²) in [4.78, 5) is 43.6. The van der Waals surface area contributed by atoms with Crippen molar-refractivity contribution in [3.05, 3.63) is 29.8 Å². The molecule has 2 aliphatic heterocycles. The van der Waals surface area contributed by atoms with E-state index in [0.717, 1.165) is 11.3 Å². The van der Waals surface area contributed by atoms with Crippen molar-refractivity contribution in [2.75, 3.05) is 33.3 Å². The number of imide groups is 1. The first-order chi connectivity index (χ1) is 13.6. The number of rotatable bonds is 5. The maximum absolute atomic E-state index is 13.1. The normalized spacial score (nSPS) is 21.4. The van der Waals surface area contributed by atoms with Gasteiger partial charge in [0.15, 0.2) is 0 Å². The van der Waals surface area contributed by atoms with Gasteiger partial charge in [-0.1, -0.05) is 39.8 Å². The number of amides is 4. The number of carbonyl (C=O) groups is 3. The number of methoxy groups -OCH3 is 1. The maximum Gasteiger partial charge on any atom is 0.327 e. The fourth-order valence-corrected chi connectivity index (χ4v) is 4.10. The van der Waals surface area contributed by atoms with Gasteiger partial charge in [0, 0.05) is 25.0 Å². The van der Waals surface area contributed by atoms with Crippen LogP contribution in [0.1, 0.15) is 33.3 Å². The maximum atomic E-state index is 13.1. The van der Waals surface area contributed by atoms with E-state index in [1.165, 1.54) is 4.90 Å². The van der Waals surface area contributed by atoms with E-state index in [0.29, 0.717) is 19.6 Å². The van der Waals surface area contributed by atoms with Gasteiger partial charge >= 0.3 is 6.03 Å². The highest BCUT2D eigenvalue weighted by molar-refractivity contribution is 6.04. The molecule has 0 spiro atoms.